The summed E-state index contributed by atoms with van der Waals surface area (Å²) in [5.74, 6) is 0.534. The Morgan fingerprint density at radius 3 is 2.57 bits per heavy atom. The Hall–Kier alpha value is -3.74. The summed E-state index contributed by atoms with van der Waals surface area (Å²) in [6.45, 7) is 2.96. The Bertz CT molecular complexity index is 1190. The number of rotatable bonds is 5. The average molecular weight is 373 g/mol. The van der Waals surface area contributed by atoms with Gasteiger partial charge in [-0.1, -0.05) is 48.5 Å². The van der Waals surface area contributed by atoms with E-state index in [-0.39, 0.29) is 17.2 Å². The second kappa shape index (κ2) is 7.48. The fourth-order valence-electron chi connectivity index (χ4n) is 3.21. The normalized spacial score (nSPS) is 10.9. The molecule has 0 bridgehead atoms. The number of hydrogen-bond acceptors (Lipinski definition) is 4. The highest BCUT2D eigenvalue weighted by molar-refractivity contribution is 6.04. The smallest absolute Gasteiger partial charge is 0.272 e. The van der Waals surface area contributed by atoms with Crippen molar-refractivity contribution in [3.05, 3.63) is 82.5 Å². The molecule has 4 rings (SSSR count). The topological polar surface area (TPSA) is 92.7 Å². The van der Waals surface area contributed by atoms with Crippen molar-refractivity contribution in [2.24, 2.45) is 0 Å². The van der Waals surface area contributed by atoms with Crippen molar-refractivity contribution in [3.63, 3.8) is 0 Å². The van der Waals surface area contributed by atoms with Gasteiger partial charge in [0.2, 0.25) is 0 Å². The summed E-state index contributed by atoms with van der Waals surface area (Å²) in [6.07, 6.45) is 1.82. The summed E-state index contributed by atoms with van der Waals surface area (Å²) in [7, 11) is 0. The molecule has 0 unspecified atom stereocenters. The number of amides is 1. The minimum absolute atomic E-state index is 0.209. The molecule has 140 valence electrons. The highest BCUT2D eigenvalue weighted by Gasteiger charge is 2.14. The Morgan fingerprint density at radius 1 is 1.07 bits per heavy atom. The second-order valence-electron chi connectivity index (χ2n) is 6.44. The summed E-state index contributed by atoms with van der Waals surface area (Å²) in [4.78, 5) is 29.0. The van der Waals surface area contributed by atoms with Gasteiger partial charge in [0.25, 0.3) is 11.5 Å². The van der Waals surface area contributed by atoms with Crippen molar-refractivity contribution in [1.82, 2.24) is 25.1 Å². The first kappa shape index (κ1) is 17.7. The van der Waals surface area contributed by atoms with Crippen LogP contribution < -0.4 is 10.9 Å². The van der Waals surface area contributed by atoms with Crippen LogP contribution in [0.4, 0.5) is 0 Å². The standard InChI is InChI=1S/C21H19N5O2/c1-14-13-23-19(15-7-3-2-4-8-15)26(14)12-11-22-21(28)18-16-9-5-6-10-17(16)20(27)25-24-18/h2-10,13H,11-12H2,1H3,(H,22,28)(H,25,27). The number of nitrogens with one attached hydrogen (secondary N) is 2. The highest BCUT2D eigenvalue weighted by Crippen LogP contribution is 2.19. The van der Waals surface area contributed by atoms with Crippen LogP contribution in [0.2, 0.25) is 0 Å². The molecule has 0 saturated heterocycles. The van der Waals surface area contributed by atoms with E-state index in [1.807, 2.05) is 43.5 Å². The van der Waals surface area contributed by atoms with Crippen LogP contribution in [0, 0.1) is 6.92 Å². The summed E-state index contributed by atoms with van der Waals surface area (Å²) in [5, 5.41) is 10.2. The molecule has 0 atom stereocenters. The van der Waals surface area contributed by atoms with Crippen molar-refractivity contribution in [2.75, 3.05) is 6.54 Å². The van der Waals surface area contributed by atoms with Crippen LogP contribution in [0.5, 0.6) is 0 Å². The number of hydrogen-bond donors (Lipinski definition) is 2. The molecular formula is C21H19N5O2. The maximum atomic E-state index is 12.6. The minimum Gasteiger partial charge on any atom is -0.349 e. The van der Waals surface area contributed by atoms with E-state index >= 15 is 0 Å². The van der Waals surface area contributed by atoms with Crippen molar-refractivity contribution in [2.45, 2.75) is 13.5 Å². The molecule has 0 spiro atoms. The first-order chi connectivity index (χ1) is 13.6. The molecule has 0 saturated carbocycles. The molecule has 0 radical (unpaired) electrons. The first-order valence-electron chi connectivity index (χ1n) is 8.98. The lowest BCUT2D eigenvalue weighted by atomic mass is 10.1. The van der Waals surface area contributed by atoms with Crippen LogP contribution in [0.15, 0.2) is 65.6 Å². The Morgan fingerprint density at radius 2 is 1.79 bits per heavy atom. The van der Waals surface area contributed by atoms with Gasteiger partial charge in [0.1, 0.15) is 5.82 Å². The van der Waals surface area contributed by atoms with Crippen LogP contribution in [-0.4, -0.2) is 32.2 Å². The number of H-pyrrole nitrogens is 1. The molecule has 1 amide bonds. The predicted molar refractivity (Wildman–Crippen MR) is 107 cm³/mol. The van der Waals surface area contributed by atoms with E-state index in [0.29, 0.717) is 23.9 Å². The lowest BCUT2D eigenvalue weighted by Gasteiger charge is -2.11. The fraction of sp³-hybridized carbons (Fsp3) is 0.143. The monoisotopic (exact) mass is 373 g/mol. The average Bonchev–Trinajstić information content (AvgIpc) is 3.09. The maximum Gasteiger partial charge on any atom is 0.272 e. The van der Waals surface area contributed by atoms with E-state index in [9.17, 15) is 9.59 Å². The second-order valence-corrected chi connectivity index (χ2v) is 6.44. The maximum absolute atomic E-state index is 12.6. The van der Waals surface area contributed by atoms with Crippen LogP contribution >= 0.6 is 0 Å². The summed E-state index contributed by atoms with van der Waals surface area (Å²) >= 11 is 0. The van der Waals surface area contributed by atoms with Crippen molar-refractivity contribution >= 4 is 16.7 Å². The molecule has 2 aromatic carbocycles. The number of aryl methyl sites for hydroxylation is 1. The highest BCUT2D eigenvalue weighted by atomic mass is 16.2. The van der Waals surface area contributed by atoms with Gasteiger partial charge in [-0.3, -0.25) is 9.59 Å². The molecule has 0 aliphatic heterocycles. The van der Waals surface area contributed by atoms with E-state index in [0.717, 1.165) is 17.1 Å². The molecule has 0 fully saturated rings. The van der Waals surface area contributed by atoms with Gasteiger partial charge in [-0.25, -0.2) is 10.1 Å². The number of carbonyl (C=O) groups excluding carboxylic acids is 1. The number of aromatic amines is 1. The summed E-state index contributed by atoms with van der Waals surface area (Å²) in [6, 6.07) is 16.9. The SMILES string of the molecule is Cc1cnc(-c2ccccc2)n1CCNC(=O)c1n[nH]c(=O)c2ccccc12. The van der Waals surface area contributed by atoms with Crippen molar-refractivity contribution < 1.29 is 4.79 Å². The zero-order chi connectivity index (χ0) is 19.5. The van der Waals surface area contributed by atoms with Crippen molar-refractivity contribution in [1.29, 1.82) is 0 Å². The summed E-state index contributed by atoms with van der Waals surface area (Å²) < 4.78 is 2.06. The van der Waals surface area contributed by atoms with Gasteiger partial charge in [0.05, 0.1) is 5.39 Å². The van der Waals surface area contributed by atoms with Crippen LogP contribution in [0.3, 0.4) is 0 Å². The molecule has 28 heavy (non-hydrogen) atoms. The first-order valence-corrected chi connectivity index (χ1v) is 8.98. The van der Waals surface area contributed by atoms with Gasteiger partial charge in [0, 0.05) is 35.9 Å². The lowest BCUT2D eigenvalue weighted by Crippen LogP contribution is -2.29. The van der Waals surface area contributed by atoms with Gasteiger partial charge in [-0.2, -0.15) is 5.10 Å². The Labute approximate surface area is 161 Å². The molecule has 2 aromatic heterocycles. The van der Waals surface area contributed by atoms with E-state index in [2.05, 4.69) is 25.1 Å². The van der Waals surface area contributed by atoms with Crippen LogP contribution in [0.25, 0.3) is 22.2 Å². The molecule has 0 aliphatic rings. The number of imidazole rings is 1. The van der Waals surface area contributed by atoms with Gasteiger partial charge in [-0.15, -0.1) is 0 Å². The van der Waals surface area contributed by atoms with Crippen LogP contribution in [-0.2, 0) is 6.54 Å². The molecule has 4 aromatic rings. The van der Waals surface area contributed by atoms with Gasteiger partial charge < -0.3 is 9.88 Å². The third-order valence-electron chi connectivity index (χ3n) is 4.62. The molecule has 2 heterocycles. The zero-order valence-corrected chi connectivity index (χ0v) is 15.3. The van der Waals surface area contributed by atoms with E-state index < -0.39 is 0 Å². The molecule has 7 heteroatoms. The Balaban J connectivity index is 1.51. The van der Waals surface area contributed by atoms with Gasteiger partial charge in [0.15, 0.2) is 5.69 Å². The number of fused-ring (bicyclic) bond motifs is 1. The largest absolute Gasteiger partial charge is 0.349 e. The zero-order valence-electron chi connectivity index (χ0n) is 15.3. The van der Waals surface area contributed by atoms with E-state index in [1.54, 1.807) is 24.3 Å². The Kier molecular flexibility index (Phi) is 4.72. The van der Waals surface area contributed by atoms with Gasteiger partial charge >= 0.3 is 0 Å². The molecule has 0 aliphatic carbocycles. The lowest BCUT2D eigenvalue weighted by molar-refractivity contribution is 0.0948. The van der Waals surface area contributed by atoms with Gasteiger partial charge in [-0.05, 0) is 13.0 Å². The molecule has 2 N–H and O–H groups in total. The summed E-state index contributed by atoms with van der Waals surface area (Å²) in [5.41, 5.74) is 1.94. The fourth-order valence-corrected chi connectivity index (χ4v) is 3.21. The quantitative estimate of drug-likeness (QED) is 0.562. The number of carbonyl (C=O) groups is 1. The molecular weight excluding hydrogens is 354 g/mol. The number of aromatic nitrogens is 4. The van der Waals surface area contributed by atoms with Crippen LogP contribution in [0.1, 0.15) is 16.2 Å². The number of nitrogens with zero attached hydrogens (tertiary/aromatic N) is 3. The van der Waals surface area contributed by atoms with E-state index in [1.165, 1.54) is 0 Å². The molecule has 7 nitrogen and oxygen atoms in total. The van der Waals surface area contributed by atoms with Crippen molar-refractivity contribution in [3.8, 4) is 11.4 Å². The minimum atomic E-state index is -0.327. The number of benzene rings is 2. The third-order valence-corrected chi connectivity index (χ3v) is 4.62. The third kappa shape index (κ3) is 3.29. The van der Waals surface area contributed by atoms with E-state index in [4.69, 9.17) is 0 Å². The predicted octanol–water partition coefficient (Wildman–Crippen LogP) is 2.53.